The fourth-order valence-electron chi connectivity index (χ4n) is 2.12. The number of hydrogen-bond donors (Lipinski definition) is 1. The van der Waals surface area contributed by atoms with Crippen molar-refractivity contribution in [3.63, 3.8) is 0 Å². The number of nitrogens with zero attached hydrogens (tertiary/aromatic N) is 2. The van der Waals surface area contributed by atoms with Crippen molar-refractivity contribution in [1.82, 2.24) is 4.98 Å². The van der Waals surface area contributed by atoms with E-state index < -0.39 is 5.82 Å². The van der Waals surface area contributed by atoms with Crippen LogP contribution in [-0.4, -0.2) is 4.98 Å². The SMILES string of the molecule is N#Cc1cc(F)cc(Nc2ccc(Cl)c3cccnc23)c1. The molecule has 0 amide bonds. The molecule has 0 saturated carbocycles. The van der Waals surface area contributed by atoms with Crippen molar-refractivity contribution in [2.75, 3.05) is 5.32 Å². The molecule has 0 spiro atoms. The smallest absolute Gasteiger partial charge is 0.126 e. The van der Waals surface area contributed by atoms with E-state index in [9.17, 15) is 4.39 Å². The Hall–Kier alpha value is -2.64. The van der Waals surface area contributed by atoms with Crippen molar-refractivity contribution in [3.8, 4) is 6.07 Å². The Bertz CT molecular complexity index is 871. The van der Waals surface area contributed by atoms with Crippen molar-refractivity contribution in [1.29, 1.82) is 5.26 Å². The summed E-state index contributed by atoms with van der Waals surface area (Å²) in [6.45, 7) is 0. The molecule has 0 fully saturated rings. The first-order valence-corrected chi connectivity index (χ1v) is 6.56. The molecule has 3 rings (SSSR count). The van der Waals surface area contributed by atoms with Crippen LogP contribution in [0.25, 0.3) is 10.9 Å². The van der Waals surface area contributed by atoms with E-state index >= 15 is 0 Å². The van der Waals surface area contributed by atoms with Crippen LogP contribution < -0.4 is 5.32 Å². The number of nitrogens with one attached hydrogen (secondary N) is 1. The highest BCUT2D eigenvalue weighted by Gasteiger charge is 2.07. The Kier molecular flexibility index (Phi) is 3.43. The Labute approximate surface area is 125 Å². The molecule has 3 aromatic rings. The highest BCUT2D eigenvalue weighted by Crippen LogP contribution is 2.30. The molecule has 0 bridgehead atoms. The maximum atomic E-state index is 13.5. The molecule has 102 valence electrons. The fraction of sp³-hybridized carbons (Fsp3) is 0. The Morgan fingerprint density at radius 2 is 2.05 bits per heavy atom. The van der Waals surface area contributed by atoms with Gasteiger partial charge in [-0.1, -0.05) is 11.6 Å². The van der Waals surface area contributed by atoms with E-state index in [1.54, 1.807) is 30.5 Å². The summed E-state index contributed by atoms with van der Waals surface area (Å²) >= 11 is 6.13. The highest BCUT2D eigenvalue weighted by atomic mass is 35.5. The van der Waals surface area contributed by atoms with Crippen molar-refractivity contribution in [3.05, 3.63) is 65.1 Å². The van der Waals surface area contributed by atoms with E-state index in [0.29, 0.717) is 21.9 Å². The molecular weight excluding hydrogens is 289 g/mol. The third-order valence-corrected chi connectivity index (χ3v) is 3.35. The summed E-state index contributed by atoms with van der Waals surface area (Å²) in [6, 6.07) is 13.2. The lowest BCUT2D eigenvalue weighted by atomic mass is 10.1. The first-order chi connectivity index (χ1) is 10.2. The van der Waals surface area contributed by atoms with Gasteiger partial charge < -0.3 is 5.32 Å². The third-order valence-electron chi connectivity index (χ3n) is 3.02. The average Bonchev–Trinajstić information content (AvgIpc) is 2.50. The molecule has 2 aromatic carbocycles. The number of anilines is 2. The summed E-state index contributed by atoms with van der Waals surface area (Å²) in [7, 11) is 0. The van der Waals surface area contributed by atoms with E-state index in [-0.39, 0.29) is 5.56 Å². The zero-order valence-corrected chi connectivity index (χ0v) is 11.5. The maximum Gasteiger partial charge on any atom is 0.126 e. The second-order valence-electron chi connectivity index (χ2n) is 4.46. The van der Waals surface area contributed by atoms with Crippen LogP contribution in [0.3, 0.4) is 0 Å². The van der Waals surface area contributed by atoms with Crippen LogP contribution >= 0.6 is 11.6 Å². The third kappa shape index (κ3) is 2.64. The van der Waals surface area contributed by atoms with Crippen LogP contribution in [0.1, 0.15) is 5.56 Å². The molecule has 0 saturated heterocycles. The molecule has 1 heterocycles. The standard InChI is InChI=1S/C16H9ClFN3/c17-14-3-4-15(16-13(14)2-1-5-20-16)21-12-7-10(9-19)6-11(18)8-12/h1-8,21H. The predicted octanol–water partition coefficient (Wildman–Crippen LogP) is 4.64. The monoisotopic (exact) mass is 297 g/mol. The number of benzene rings is 2. The fourth-order valence-corrected chi connectivity index (χ4v) is 2.34. The average molecular weight is 298 g/mol. The minimum atomic E-state index is -0.470. The van der Waals surface area contributed by atoms with Gasteiger partial charge in [-0.2, -0.15) is 5.26 Å². The molecular formula is C16H9ClFN3. The zero-order chi connectivity index (χ0) is 14.8. The minimum Gasteiger partial charge on any atom is -0.354 e. The van der Waals surface area contributed by atoms with Crippen LogP contribution in [0.4, 0.5) is 15.8 Å². The van der Waals surface area contributed by atoms with Gasteiger partial charge in [-0.25, -0.2) is 4.39 Å². The summed E-state index contributed by atoms with van der Waals surface area (Å²) in [4.78, 5) is 4.30. The van der Waals surface area contributed by atoms with Gasteiger partial charge in [-0.05, 0) is 42.5 Å². The normalized spacial score (nSPS) is 10.3. The number of halogens is 2. The lowest BCUT2D eigenvalue weighted by Gasteiger charge is -2.10. The van der Waals surface area contributed by atoms with Gasteiger partial charge in [0, 0.05) is 17.3 Å². The van der Waals surface area contributed by atoms with E-state index in [1.165, 1.54) is 12.1 Å². The first-order valence-electron chi connectivity index (χ1n) is 6.18. The van der Waals surface area contributed by atoms with Gasteiger partial charge in [0.2, 0.25) is 0 Å². The summed E-state index contributed by atoms with van der Waals surface area (Å²) in [6.07, 6.45) is 1.66. The van der Waals surface area contributed by atoms with Gasteiger partial charge in [-0.3, -0.25) is 4.98 Å². The Morgan fingerprint density at radius 3 is 2.86 bits per heavy atom. The van der Waals surface area contributed by atoms with Crippen LogP contribution in [-0.2, 0) is 0 Å². The maximum absolute atomic E-state index is 13.5. The summed E-state index contributed by atoms with van der Waals surface area (Å²) in [5, 5.41) is 13.4. The lowest BCUT2D eigenvalue weighted by molar-refractivity contribution is 0.628. The summed E-state index contributed by atoms with van der Waals surface area (Å²) in [5.74, 6) is -0.470. The highest BCUT2D eigenvalue weighted by molar-refractivity contribution is 6.35. The molecule has 1 N–H and O–H groups in total. The topological polar surface area (TPSA) is 48.7 Å². The molecule has 0 atom stereocenters. The van der Waals surface area contributed by atoms with Gasteiger partial charge >= 0.3 is 0 Å². The van der Waals surface area contributed by atoms with Crippen molar-refractivity contribution in [2.45, 2.75) is 0 Å². The predicted molar refractivity (Wildman–Crippen MR) is 81.2 cm³/mol. The molecule has 0 radical (unpaired) electrons. The molecule has 0 aliphatic carbocycles. The Balaban J connectivity index is 2.09. The summed E-state index contributed by atoms with van der Waals surface area (Å²) < 4.78 is 13.5. The van der Waals surface area contributed by atoms with Gasteiger partial charge in [0.1, 0.15) is 5.82 Å². The lowest BCUT2D eigenvalue weighted by Crippen LogP contribution is -1.95. The van der Waals surface area contributed by atoms with E-state index in [1.807, 2.05) is 12.1 Å². The number of nitriles is 1. The van der Waals surface area contributed by atoms with Crippen molar-refractivity contribution >= 4 is 33.9 Å². The Morgan fingerprint density at radius 1 is 1.19 bits per heavy atom. The van der Waals surface area contributed by atoms with Crippen LogP contribution in [0.5, 0.6) is 0 Å². The van der Waals surface area contributed by atoms with Gasteiger partial charge in [0.15, 0.2) is 0 Å². The molecule has 5 heteroatoms. The largest absolute Gasteiger partial charge is 0.354 e. The van der Waals surface area contributed by atoms with Crippen LogP contribution in [0.15, 0.2) is 48.7 Å². The van der Waals surface area contributed by atoms with Crippen molar-refractivity contribution in [2.24, 2.45) is 0 Å². The van der Waals surface area contributed by atoms with Crippen molar-refractivity contribution < 1.29 is 4.39 Å². The molecule has 3 nitrogen and oxygen atoms in total. The van der Waals surface area contributed by atoms with Gasteiger partial charge in [0.25, 0.3) is 0 Å². The number of pyridine rings is 1. The van der Waals surface area contributed by atoms with Gasteiger partial charge in [0.05, 0.1) is 27.9 Å². The second kappa shape index (κ2) is 5.39. The summed E-state index contributed by atoms with van der Waals surface area (Å²) in [5.41, 5.74) is 2.13. The minimum absolute atomic E-state index is 0.253. The van der Waals surface area contributed by atoms with Crippen LogP contribution in [0, 0.1) is 17.1 Å². The zero-order valence-electron chi connectivity index (χ0n) is 10.8. The number of rotatable bonds is 2. The molecule has 0 aliphatic heterocycles. The molecule has 0 unspecified atom stereocenters. The van der Waals surface area contributed by atoms with E-state index in [2.05, 4.69) is 10.3 Å². The van der Waals surface area contributed by atoms with Gasteiger partial charge in [-0.15, -0.1) is 0 Å². The first kappa shape index (κ1) is 13.3. The molecule has 1 aromatic heterocycles. The molecule has 0 aliphatic rings. The van der Waals surface area contributed by atoms with E-state index in [4.69, 9.17) is 16.9 Å². The molecule has 21 heavy (non-hydrogen) atoms. The van der Waals surface area contributed by atoms with Crippen LogP contribution in [0.2, 0.25) is 5.02 Å². The second-order valence-corrected chi connectivity index (χ2v) is 4.87. The number of aromatic nitrogens is 1. The quantitative estimate of drug-likeness (QED) is 0.749. The van der Waals surface area contributed by atoms with E-state index in [0.717, 1.165) is 5.39 Å². The number of hydrogen-bond acceptors (Lipinski definition) is 3. The number of fused-ring (bicyclic) bond motifs is 1.